The van der Waals surface area contributed by atoms with Crippen molar-refractivity contribution < 1.29 is 13.2 Å². The Hall–Kier alpha value is -3.34. The second kappa shape index (κ2) is 7.00. The Labute approximate surface area is 160 Å². The van der Waals surface area contributed by atoms with Gasteiger partial charge in [-0.15, -0.1) is 0 Å². The first-order valence-electron chi connectivity index (χ1n) is 8.81. The zero-order valence-corrected chi connectivity index (χ0v) is 14.9. The van der Waals surface area contributed by atoms with Gasteiger partial charge in [-0.1, -0.05) is 79.4 Å². The SMILES string of the molecule is C=Cc1ccccc1-c1c2cccc(C(F)(F)F)c2nn1Cc1ccccc1. The fourth-order valence-corrected chi connectivity index (χ4v) is 3.43. The van der Waals surface area contributed by atoms with Gasteiger partial charge in [-0.3, -0.25) is 4.68 Å². The highest BCUT2D eigenvalue weighted by atomic mass is 19.4. The molecule has 0 N–H and O–H groups in total. The molecule has 0 amide bonds. The lowest BCUT2D eigenvalue weighted by atomic mass is 10.00. The van der Waals surface area contributed by atoms with Gasteiger partial charge in [-0.25, -0.2) is 0 Å². The monoisotopic (exact) mass is 378 g/mol. The van der Waals surface area contributed by atoms with E-state index in [2.05, 4.69) is 11.7 Å². The van der Waals surface area contributed by atoms with Crippen LogP contribution in [0.2, 0.25) is 0 Å². The van der Waals surface area contributed by atoms with Crippen molar-refractivity contribution in [1.29, 1.82) is 0 Å². The zero-order valence-electron chi connectivity index (χ0n) is 14.9. The van der Waals surface area contributed by atoms with Gasteiger partial charge in [0.25, 0.3) is 0 Å². The molecular formula is C23H17F3N2. The summed E-state index contributed by atoms with van der Waals surface area (Å²) in [4.78, 5) is 0. The molecule has 0 saturated heterocycles. The topological polar surface area (TPSA) is 17.8 Å². The van der Waals surface area contributed by atoms with Crippen LogP contribution in [0.4, 0.5) is 13.2 Å². The number of nitrogens with zero attached hydrogens (tertiary/aromatic N) is 2. The van der Waals surface area contributed by atoms with Crippen LogP contribution in [0.1, 0.15) is 16.7 Å². The van der Waals surface area contributed by atoms with Crippen molar-refractivity contribution in [3.8, 4) is 11.3 Å². The lowest BCUT2D eigenvalue weighted by molar-refractivity contribution is -0.136. The van der Waals surface area contributed by atoms with Gasteiger partial charge < -0.3 is 0 Å². The van der Waals surface area contributed by atoms with E-state index in [1.807, 2.05) is 54.6 Å². The molecule has 0 fully saturated rings. The molecule has 140 valence electrons. The smallest absolute Gasteiger partial charge is 0.259 e. The number of fused-ring (bicyclic) bond motifs is 1. The second-order valence-corrected chi connectivity index (χ2v) is 6.48. The van der Waals surface area contributed by atoms with Crippen LogP contribution in [-0.2, 0) is 12.7 Å². The molecule has 0 radical (unpaired) electrons. The Balaban J connectivity index is 2.02. The molecule has 5 heteroatoms. The molecule has 3 aromatic carbocycles. The van der Waals surface area contributed by atoms with Gasteiger partial charge in [0.15, 0.2) is 0 Å². The van der Waals surface area contributed by atoms with Crippen molar-refractivity contribution in [2.24, 2.45) is 0 Å². The number of hydrogen-bond donors (Lipinski definition) is 0. The Morgan fingerprint density at radius 1 is 0.893 bits per heavy atom. The van der Waals surface area contributed by atoms with E-state index in [1.165, 1.54) is 6.07 Å². The van der Waals surface area contributed by atoms with Gasteiger partial charge in [0.05, 0.1) is 17.8 Å². The fraction of sp³-hybridized carbons (Fsp3) is 0.0870. The van der Waals surface area contributed by atoms with Crippen LogP contribution in [-0.4, -0.2) is 9.78 Å². The van der Waals surface area contributed by atoms with Gasteiger partial charge >= 0.3 is 6.18 Å². The van der Waals surface area contributed by atoms with Gasteiger partial charge in [-0.05, 0) is 17.2 Å². The van der Waals surface area contributed by atoms with Crippen molar-refractivity contribution in [2.45, 2.75) is 12.7 Å². The largest absolute Gasteiger partial charge is 0.418 e. The third-order valence-corrected chi connectivity index (χ3v) is 4.69. The Bertz CT molecular complexity index is 1140. The summed E-state index contributed by atoms with van der Waals surface area (Å²) in [6.07, 6.45) is -2.77. The second-order valence-electron chi connectivity index (χ2n) is 6.48. The minimum atomic E-state index is -4.47. The van der Waals surface area contributed by atoms with Gasteiger partial charge in [-0.2, -0.15) is 18.3 Å². The predicted molar refractivity (Wildman–Crippen MR) is 106 cm³/mol. The number of aromatic nitrogens is 2. The number of hydrogen-bond acceptors (Lipinski definition) is 1. The Morgan fingerprint density at radius 3 is 2.32 bits per heavy atom. The van der Waals surface area contributed by atoms with E-state index in [-0.39, 0.29) is 5.52 Å². The molecular weight excluding hydrogens is 361 g/mol. The van der Waals surface area contributed by atoms with E-state index in [1.54, 1.807) is 16.8 Å². The first-order chi connectivity index (χ1) is 13.5. The third kappa shape index (κ3) is 3.20. The Morgan fingerprint density at radius 2 is 1.61 bits per heavy atom. The third-order valence-electron chi connectivity index (χ3n) is 4.69. The molecule has 0 bridgehead atoms. The van der Waals surface area contributed by atoms with E-state index >= 15 is 0 Å². The van der Waals surface area contributed by atoms with Crippen LogP contribution in [0.3, 0.4) is 0 Å². The summed E-state index contributed by atoms with van der Waals surface area (Å²) in [7, 11) is 0. The number of benzene rings is 3. The standard InChI is InChI=1S/C23H17F3N2/c1-2-17-11-6-7-12-18(17)22-19-13-8-14-20(23(24,25)26)21(19)27-28(22)15-16-9-4-3-5-10-16/h2-14H,1,15H2. The molecule has 4 aromatic rings. The van der Waals surface area contributed by atoms with E-state index in [0.29, 0.717) is 17.6 Å². The van der Waals surface area contributed by atoms with Crippen molar-refractivity contribution in [2.75, 3.05) is 0 Å². The van der Waals surface area contributed by atoms with Crippen LogP contribution >= 0.6 is 0 Å². The van der Waals surface area contributed by atoms with Crippen LogP contribution in [0.25, 0.3) is 28.2 Å². The number of rotatable bonds is 4. The van der Waals surface area contributed by atoms with Gasteiger partial charge in [0.2, 0.25) is 0 Å². The van der Waals surface area contributed by atoms with E-state index < -0.39 is 11.7 Å². The maximum absolute atomic E-state index is 13.6. The summed E-state index contributed by atoms with van der Waals surface area (Å²) in [6, 6.07) is 21.3. The summed E-state index contributed by atoms with van der Waals surface area (Å²) in [6.45, 7) is 4.21. The summed E-state index contributed by atoms with van der Waals surface area (Å²) in [5.74, 6) is 0. The van der Waals surface area contributed by atoms with Crippen molar-refractivity contribution in [3.05, 3.63) is 96.1 Å². The maximum atomic E-state index is 13.6. The van der Waals surface area contributed by atoms with Crippen LogP contribution < -0.4 is 0 Å². The molecule has 1 heterocycles. The van der Waals surface area contributed by atoms with Crippen LogP contribution in [0.15, 0.2) is 79.4 Å². The molecule has 28 heavy (non-hydrogen) atoms. The van der Waals surface area contributed by atoms with E-state index in [0.717, 1.165) is 22.8 Å². The summed E-state index contributed by atoms with van der Waals surface area (Å²) in [5, 5.41) is 4.86. The quantitative estimate of drug-likeness (QED) is 0.401. The maximum Gasteiger partial charge on any atom is 0.418 e. The van der Waals surface area contributed by atoms with Crippen molar-refractivity contribution in [1.82, 2.24) is 9.78 Å². The molecule has 4 rings (SSSR count). The van der Waals surface area contributed by atoms with E-state index in [9.17, 15) is 13.2 Å². The minimum absolute atomic E-state index is 0.0419. The minimum Gasteiger partial charge on any atom is -0.259 e. The molecule has 0 saturated carbocycles. The lowest BCUT2D eigenvalue weighted by Gasteiger charge is -2.11. The zero-order chi connectivity index (χ0) is 19.7. The predicted octanol–water partition coefficient (Wildman–Crippen LogP) is 6.41. The molecule has 0 aliphatic carbocycles. The summed E-state index contributed by atoms with van der Waals surface area (Å²) in [5.41, 5.74) is 2.49. The molecule has 0 atom stereocenters. The highest BCUT2D eigenvalue weighted by Gasteiger charge is 2.34. The average molecular weight is 378 g/mol. The van der Waals surface area contributed by atoms with Crippen molar-refractivity contribution >= 4 is 17.0 Å². The van der Waals surface area contributed by atoms with Gasteiger partial charge in [0.1, 0.15) is 5.52 Å². The molecule has 2 nitrogen and oxygen atoms in total. The molecule has 1 aromatic heterocycles. The summed E-state index contributed by atoms with van der Waals surface area (Å²) >= 11 is 0. The van der Waals surface area contributed by atoms with Crippen LogP contribution in [0, 0.1) is 0 Å². The van der Waals surface area contributed by atoms with Crippen LogP contribution in [0.5, 0.6) is 0 Å². The lowest BCUT2D eigenvalue weighted by Crippen LogP contribution is -2.06. The van der Waals surface area contributed by atoms with Crippen molar-refractivity contribution in [3.63, 3.8) is 0 Å². The number of alkyl halides is 3. The normalized spacial score (nSPS) is 11.7. The molecule has 0 aliphatic rings. The first kappa shape index (κ1) is 18.0. The first-order valence-corrected chi connectivity index (χ1v) is 8.81. The average Bonchev–Trinajstić information content (AvgIpc) is 3.05. The molecule has 0 unspecified atom stereocenters. The van der Waals surface area contributed by atoms with Gasteiger partial charge in [0, 0.05) is 10.9 Å². The summed E-state index contributed by atoms with van der Waals surface area (Å²) < 4.78 is 42.4. The molecule has 0 aliphatic heterocycles. The fourth-order valence-electron chi connectivity index (χ4n) is 3.43. The highest BCUT2D eigenvalue weighted by Crippen LogP contribution is 2.39. The Kier molecular flexibility index (Phi) is 4.51. The highest BCUT2D eigenvalue weighted by molar-refractivity contribution is 5.97. The van der Waals surface area contributed by atoms with E-state index in [4.69, 9.17) is 0 Å². The number of halogens is 3. The molecule has 0 spiro atoms.